The molecule has 0 aliphatic carbocycles. The van der Waals surface area contributed by atoms with Gasteiger partial charge in [0, 0.05) is 11.1 Å². The van der Waals surface area contributed by atoms with Crippen molar-refractivity contribution in [1.82, 2.24) is 4.72 Å². The van der Waals surface area contributed by atoms with Crippen molar-refractivity contribution in [1.29, 1.82) is 0 Å². The normalized spacial score (nSPS) is 11.4. The maximum atomic E-state index is 12.0. The van der Waals surface area contributed by atoms with E-state index in [0.29, 0.717) is 10.8 Å². The van der Waals surface area contributed by atoms with Crippen LogP contribution in [-0.4, -0.2) is 33.6 Å². The summed E-state index contributed by atoms with van der Waals surface area (Å²) in [5, 5.41) is 0.557. The number of rotatable bonds is 8. The van der Waals surface area contributed by atoms with E-state index in [1.807, 2.05) is 0 Å². The number of halogens is 1. The van der Waals surface area contributed by atoms with Gasteiger partial charge in [0.25, 0.3) is 0 Å². The zero-order valence-electron chi connectivity index (χ0n) is 14.4. The van der Waals surface area contributed by atoms with Gasteiger partial charge in [-0.2, -0.15) is 0 Å². The van der Waals surface area contributed by atoms with E-state index >= 15 is 0 Å². The molecular weight excluding hydrogens is 378 g/mol. The summed E-state index contributed by atoms with van der Waals surface area (Å²) >= 11 is 5.85. The molecule has 140 valence electrons. The van der Waals surface area contributed by atoms with Crippen molar-refractivity contribution in [3.63, 3.8) is 0 Å². The van der Waals surface area contributed by atoms with Crippen LogP contribution in [0.3, 0.4) is 0 Å². The van der Waals surface area contributed by atoms with Crippen molar-refractivity contribution < 1.29 is 22.7 Å². The highest BCUT2D eigenvalue weighted by atomic mass is 35.5. The molecule has 0 saturated heterocycles. The number of hydrogen-bond acceptors (Lipinski definition) is 5. The first kappa shape index (κ1) is 20.2. The second-order valence-corrected chi connectivity index (χ2v) is 7.89. The largest absolute Gasteiger partial charge is 0.490 e. The fraction of sp³-hybridized carbons (Fsp3) is 0.278. The second-order valence-electron chi connectivity index (χ2n) is 5.74. The molecule has 0 atom stereocenters. The molecule has 0 spiro atoms. The van der Waals surface area contributed by atoms with Crippen LogP contribution in [0.5, 0.6) is 5.75 Å². The minimum absolute atomic E-state index is 0.0559. The Kier molecular flexibility index (Phi) is 7.02. The number of carbonyl (C=O) groups excluding carboxylic acids is 1. The molecule has 0 fully saturated rings. The lowest BCUT2D eigenvalue weighted by atomic mass is 10.2. The van der Waals surface area contributed by atoms with Crippen molar-refractivity contribution >= 4 is 27.6 Å². The van der Waals surface area contributed by atoms with Gasteiger partial charge >= 0.3 is 5.97 Å². The third kappa shape index (κ3) is 6.01. The highest BCUT2D eigenvalue weighted by Gasteiger charge is 2.16. The summed E-state index contributed by atoms with van der Waals surface area (Å²) < 4.78 is 37.1. The molecule has 0 saturated carbocycles. The number of ether oxygens (including phenoxy) is 2. The van der Waals surface area contributed by atoms with E-state index in [4.69, 9.17) is 21.1 Å². The van der Waals surface area contributed by atoms with Crippen LogP contribution in [0.1, 0.15) is 24.2 Å². The first-order chi connectivity index (χ1) is 12.3. The van der Waals surface area contributed by atoms with Crippen LogP contribution in [0.4, 0.5) is 0 Å². The van der Waals surface area contributed by atoms with Crippen LogP contribution in [0, 0.1) is 0 Å². The molecule has 2 aromatic carbocycles. The fourth-order valence-electron chi connectivity index (χ4n) is 2.08. The van der Waals surface area contributed by atoms with Crippen molar-refractivity contribution in [2.75, 3.05) is 13.2 Å². The van der Waals surface area contributed by atoms with E-state index in [2.05, 4.69) is 4.72 Å². The standard InChI is InChI=1S/C18H20ClNO5S/c1-13(2)20-26(22,23)17-8-6-14(7-9-17)18(21)25-11-10-24-16-5-3-4-15(19)12-16/h3-9,12-13,20H,10-11H2,1-2H3. The molecule has 0 unspecified atom stereocenters. The van der Waals surface area contributed by atoms with Gasteiger partial charge in [0.05, 0.1) is 10.5 Å². The molecule has 0 aliphatic heterocycles. The number of nitrogens with one attached hydrogen (secondary N) is 1. The Labute approximate surface area is 158 Å². The Morgan fingerprint density at radius 2 is 1.81 bits per heavy atom. The van der Waals surface area contributed by atoms with E-state index < -0.39 is 16.0 Å². The third-order valence-corrected chi connectivity index (χ3v) is 5.08. The molecule has 2 aromatic rings. The second kappa shape index (κ2) is 9.02. The van der Waals surface area contributed by atoms with Crippen LogP contribution < -0.4 is 9.46 Å². The van der Waals surface area contributed by atoms with Gasteiger partial charge in [0.15, 0.2) is 0 Å². The van der Waals surface area contributed by atoms with E-state index in [1.165, 1.54) is 24.3 Å². The number of hydrogen-bond donors (Lipinski definition) is 1. The number of esters is 1. The fourth-order valence-corrected chi connectivity index (χ4v) is 3.51. The van der Waals surface area contributed by atoms with Gasteiger partial charge in [-0.1, -0.05) is 17.7 Å². The first-order valence-corrected chi connectivity index (χ1v) is 9.82. The van der Waals surface area contributed by atoms with Crippen LogP contribution in [-0.2, 0) is 14.8 Å². The third-order valence-electron chi connectivity index (χ3n) is 3.17. The molecular formula is C18H20ClNO5S. The molecule has 0 aromatic heterocycles. The average molecular weight is 398 g/mol. The molecule has 6 nitrogen and oxygen atoms in total. The van der Waals surface area contributed by atoms with Gasteiger partial charge in [0.2, 0.25) is 10.0 Å². The van der Waals surface area contributed by atoms with Gasteiger partial charge in [-0.05, 0) is 56.3 Å². The van der Waals surface area contributed by atoms with Gasteiger partial charge in [-0.3, -0.25) is 0 Å². The molecule has 8 heteroatoms. The number of carbonyl (C=O) groups is 1. The van der Waals surface area contributed by atoms with Gasteiger partial charge in [-0.15, -0.1) is 0 Å². The van der Waals surface area contributed by atoms with Crippen LogP contribution in [0.15, 0.2) is 53.4 Å². The summed E-state index contributed by atoms with van der Waals surface area (Å²) in [7, 11) is -3.59. The molecule has 0 bridgehead atoms. The number of sulfonamides is 1. The lowest BCUT2D eigenvalue weighted by Gasteiger charge is -2.10. The molecule has 26 heavy (non-hydrogen) atoms. The topological polar surface area (TPSA) is 81.7 Å². The van der Waals surface area contributed by atoms with Crippen molar-refractivity contribution in [2.24, 2.45) is 0 Å². The smallest absolute Gasteiger partial charge is 0.338 e. The Morgan fingerprint density at radius 1 is 1.12 bits per heavy atom. The highest BCUT2D eigenvalue weighted by molar-refractivity contribution is 7.89. The summed E-state index contributed by atoms with van der Waals surface area (Å²) in [6.45, 7) is 3.70. The summed E-state index contributed by atoms with van der Waals surface area (Å²) in [4.78, 5) is 12.1. The zero-order chi connectivity index (χ0) is 19.2. The van der Waals surface area contributed by atoms with Crippen LogP contribution in [0.2, 0.25) is 5.02 Å². The zero-order valence-corrected chi connectivity index (χ0v) is 16.0. The molecule has 0 radical (unpaired) electrons. The maximum absolute atomic E-state index is 12.0. The van der Waals surface area contributed by atoms with Crippen LogP contribution in [0.25, 0.3) is 0 Å². The Balaban J connectivity index is 1.86. The highest BCUT2D eigenvalue weighted by Crippen LogP contribution is 2.17. The molecule has 0 aliphatic rings. The van der Waals surface area contributed by atoms with E-state index in [9.17, 15) is 13.2 Å². The number of benzene rings is 2. The molecule has 2 rings (SSSR count). The van der Waals surface area contributed by atoms with Gasteiger partial charge in [-0.25, -0.2) is 17.9 Å². The summed E-state index contributed by atoms with van der Waals surface area (Å²) in [6, 6.07) is 12.2. The lowest BCUT2D eigenvalue weighted by molar-refractivity contribution is 0.0450. The summed E-state index contributed by atoms with van der Waals surface area (Å²) in [5.74, 6) is 0.0289. The predicted molar refractivity (Wildman–Crippen MR) is 99.1 cm³/mol. The Bertz CT molecular complexity index is 850. The SMILES string of the molecule is CC(C)NS(=O)(=O)c1ccc(C(=O)OCCOc2cccc(Cl)c2)cc1. The molecule has 1 N–H and O–H groups in total. The van der Waals surface area contributed by atoms with E-state index in [1.54, 1.807) is 38.1 Å². The van der Waals surface area contributed by atoms with Gasteiger partial charge in [0.1, 0.15) is 19.0 Å². The maximum Gasteiger partial charge on any atom is 0.338 e. The summed E-state index contributed by atoms with van der Waals surface area (Å²) in [5.41, 5.74) is 0.260. The minimum atomic E-state index is -3.59. The van der Waals surface area contributed by atoms with Gasteiger partial charge < -0.3 is 9.47 Å². The minimum Gasteiger partial charge on any atom is -0.490 e. The molecule has 0 amide bonds. The Morgan fingerprint density at radius 3 is 2.42 bits per heavy atom. The quantitative estimate of drug-likeness (QED) is 0.546. The average Bonchev–Trinajstić information content (AvgIpc) is 2.57. The summed E-state index contributed by atoms with van der Waals surface area (Å²) in [6.07, 6.45) is 0. The predicted octanol–water partition coefficient (Wildman–Crippen LogP) is 3.26. The van der Waals surface area contributed by atoms with E-state index in [0.717, 1.165) is 0 Å². The van der Waals surface area contributed by atoms with Crippen LogP contribution >= 0.6 is 11.6 Å². The van der Waals surface area contributed by atoms with Crippen molar-refractivity contribution in [3.05, 3.63) is 59.1 Å². The van der Waals surface area contributed by atoms with Crippen molar-refractivity contribution in [3.8, 4) is 5.75 Å². The van der Waals surface area contributed by atoms with Crippen molar-refractivity contribution in [2.45, 2.75) is 24.8 Å². The molecule has 0 heterocycles. The monoisotopic (exact) mass is 397 g/mol. The first-order valence-electron chi connectivity index (χ1n) is 7.96. The Hall–Kier alpha value is -2.09. The lowest BCUT2D eigenvalue weighted by Crippen LogP contribution is -2.30. The van der Waals surface area contributed by atoms with E-state index in [-0.39, 0.29) is 29.7 Å².